The van der Waals surface area contributed by atoms with Crippen molar-refractivity contribution in [3.8, 4) is 10.7 Å². The first-order valence-electron chi connectivity index (χ1n) is 7.16. The van der Waals surface area contributed by atoms with Crippen LogP contribution in [0.1, 0.15) is 18.5 Å². The van der Waals surface area contributed by atoms with Crippen LogP contribution >= 0.6 is 23.1 Å². The number of rotatable bonds is 6. The molecule has 0 unspecified atom stereocenters. The molecule has 1 aromatic carbocycles. The summed E-state index contributed by atoms with van der Waals surface area (Å²) in [6, 6.07) is 13.8. The number of carbonyl (C=O) groups excluding carboxylic acids is 1. The Morgan fingerprint density at radius 1 is 1.30 bits per heavy atom. The second-order valence-electron chi connectivity index (χ2n) is 4.93. The first-order valence-corrected chi connectivity index (χ1v) is 9.02. The lowest BCUT2D eigenvalue weighted by Gasteiger charge is -2.13. The molecule has 2 N–H and O–H groups in total. The monoisotopic (exact) mass is 344 g/mol. The molecule has 1 amide bonds. The second-order valence-corrected chi connectivity index (χ2v) is 6.82. The number of aromatic amines is 1. The van der Waals surface area contributed by atoms with Crippen molar-refractivity contribution in [3.63, 3.8) is 0 Å². The average molecular weight is 344 g/mol. The van der Waals surface area contributed by atoms with Gasteiger partial charge in [0, 0.05) is 0 Å². The van der Waals surface area contributed by atoms with Crippen LogP contribution < -0.4 is 5.32 Å². The van der Waals surface area contributed by atoms with E-state index < -0.39 is 0 Å². The van der Waals surface area contributed by atoms with E-state index in [4.69, 9.17) is 0 Å². The summed E-state index contributed by atoms with van der Waals surface area (Å²) in [6.45, 7) is 1.97. The summed E-state index contributed by atoms with van der Waals surface area (Å²) in [6.07, 6.45) is 0. The highest BCUT2D eigenvalue weighted by atomic mass is 32.2. The Labute approximate surface area is 142 Å². The standard InChI is InChI=1S/C16H16N4OS2/c1-11(12-6-3-2-4-7-12)17-14(21)10-23-16-18-15(19-20-16)13-8-5-9-22-13/h2-9,11H,10H2,1H3,(H,17,21)(H,18,19,20)/t11-/m0/s1. The number of aromatic nitrogens is 3. The molecule has 0 aliphatic rings. The fourth-order valence-electron chi connectivity index (χ4n) is 2.07. The van der Waals surface area contributed by atoms with Gasteiger partial charge in [-0.15, -0.1) is 16.4 Å². The van der Waals surface area contributed by atoms with E-state index in [0.717, 1.165) is 16.3 Å². The number of nitrogens with zero attached hydrogens (tertiary/aromatic N) is 2. The van der Waals surface area contributed by atoms with E-state index in [1.807, 2.05) is 54.8 Å². The van der Waals surface area contributed by atoms with Crippen molar-refractivity contribution in [2.24, 2.45) is 0 Å². The van der Waals surface area contributed by atoms with Crippen molar-refractivity contribution in [2.45, 2.75) is 18.1 Å². The van der Waals surface area contributed by atoms with Crippen molar-refractivity contribution in [3.05, 3.63) is 53.4 Å². The molecule has 5 nitrogen and oxygen atoms in total. The maximum absolute atomic E-state index is 12.0. The van der Waals surface area contributed by atoms with Crippen LogP contribution in [-0.2, 0) is 4.79 Å². The first kappa shape index (κ1) is 15.8. The fourth-order valence-corrected chi connectivity index (χ4v) is 3.35. The molecule has 2 heterocycles. The third-order valence-corrected chi connectivity index (χ3v) is 4.95. The van der Waals surface area contributed by atoms with E-state index in [1.165, 1.54) is 11.8 Å². The molecular formula is C16H16N4OS2. The molecule has 118 valence electrons. The number of carbonyl (C=O) groups is 1. The van der Waals surface area contributed by atoms with Crippen LogP contribution in [0, 0.1) is 0 Å². The summed E-state index contributed by atoms with van der Waals surface area (Å²) in [4.78, 5) is 17.5. The van der Waals surface area contributed by atoms with Gasteiger partial charge in [-0.2, -0.15) is 0 Å². The van der Waals surface area contributed by atoms with Crippen LogP contribution in [0.5, 0.6) is 0 Å². The highest BCUT2D eigenvalue weighted by molar-refractivity contribution is 7.99. The van der Waals surface area contributed by atoms with Crippen LogP contribution in [0.4, 0.5) is 0 Å². The van der Waals surface area contributed by atoms with Gasteiger partial charge in [-0.25, -0.2) is 4.98 Å². The summed E-state index contributed by atoms with van der Waals surface area (Å²) in [5, 5.41) is 12.6. The normalized spacial score (nSPS) is 12.0. The highest BCUT2D eigenvalue weighted by Gasteiger charge is 2.12. The van der Waals surface area contributed by atoms with Gasteiger partial charge in [0.15, 0.2) is 5.82 Å². The van der Waals surface area contributed by atoms with E-state index in [1.54, 1.807) is 11.3 Å². The Morgan fingerprint density at radius 2 is 2.13 bits per heavy atom. The molecule has 0 bridgehead atoms. The van der Waals surface area contributed by atoms with E-state index in [2.05, 4.69) is 20.5 Å². The number of hydrogen-bond donors (Lipinski definition) is 2. The summed E-state index contributed by atoms with van der Waals surface area (Å²) in [5.41, 5.74) is 1.09. The predicted molar refractivity (Wildman–Crippen MR) is 93.4 cm³/mol. The van der Waals surface area contributed by atoms with Crippen molar-refractivity contribution in [1.29, 1.82) is 0 Å². The molecule has 0 fully saturated rings. The van der Waals surface area contributed by atoms with Gasteiger partial charge in [-0.3, -0.25) is 9.89 Å². The Kier molecular flexibility index (Phi) is 5.09. The molecule has 0 radical (unpaired) electrons. The van der Waals surface area contributed by atoms with Gasteiger partial charge in [0.1, 0.15) is 0 Å². The van der Waals surface area contributed by atoms with Gasteiger partial charge >= 0.3 is 0 Å². The Morgan fingerprint density at radius 3 is 2.87 bits per heavy atom. The van der Waals surface area contributed by atoms with Gasteiger partial charge in [-0.1, -0.05) is 48.2 Å². The van der Waals surface area contributed by atoms with Crippen LogP contribution in [0.15, 0.2) is 53.0 Å². The van der Waals surface area contributed by atoms with Gasteiger partial charge in [0.05, 0.1) is 16.7 Å². The molecule has 3 rings (SSSR count). The maximum atomic E-state index is 12.0. The van der Waals surface area contributed by atoms with E-state index >= 15 is 0 Å². The van der Waals surface area contributed by atoms with Crippen LogP contribution in [-0.4, -0.2) is 26.8 Å². The van der Waals surface area contributed by atoms with Crippen LogP contribution in [0.25, 0.3) is 10.7 Å². The Hall–Kier alpha value is -2.12. The maximum Gasteiger partial charge on any atom is 0.230 e. The quantitative estimate of drug-likeness (QED) is 0.672. The summed E-state index contributed by atoms with van der Waals surface area (Å²) in [5.74, 6) is 0.994. The smallest absolute Gasteiger partial charge is 0.230 e. The van der Waals surface area contributed by atoms with E-state index in [9.17, 15) is 4.79 Å². The molecule has 2 aromatic heterocycles. The van der Waals surface area contributed by atoms with Crippen molar-refractivity contribution >= 4 is 29.0 Å². The molecule has 0 saturated heterocycles. The number of amides is 1. The van der Waals surface area contributed by atoms with Crippen molar-refractivity contribution in [1.82, 2.24) is 20.5 Å². The number of hydrogen-bond acceptors (Lipinski definition) is 5. The molecule has 0 aliphatic carbocycles. The Balaban J connectivity index is 1.51. The zero-order valence-electron chi connectivity index (χ0n) is 12.5. The minimum atomic E-state index is -0.0335. The van der Waals surface area contributed by atoms with Crippen molar-refractivity contribution < 1.29 is 4.79 Å². The average Bonchev–Trinajstić information content (AvgIpc) is 3.25. The summed E-state index contributed by atoms with van der Waals surface area (Å²) < 4.78 is 0. The Bertz CT molecular complexity index is 756. The lowest BCUT2D eigenvalue weighted by Crippen LogP contribution is -2.28. The molecule has 0 aliphatic heterocycles. The third kappa shape index (κ3) is 4.20. The number of H-pyrrole nitrogens is 1. The van der Waals surface area contributed by atoms with E-state index in [0.29, 0.717) is 10.9 Å². The van der Waals surface area contributed by atoms with E-state index in [-0.39, 0.29) is 11.9 Å². The lowest BCUT2D eigenvalue weighted by molar-refractivity contribution is -0.119. The number of nitrogens with one attached hydrogen (secondary N) is 2. The molecule has 0 spiro atoms. The number of benzene rings is 1. The second kappa shape index (κ2) is 7.43. The molecule has 23 heavy (non-hydrogen) atoms. The van der Waals surface area contributed by atoms with Gasteiger partial charge < -0.3 is 5.32 Å². The highest BCUT2D eigenvalue weighted by Crippen LogP contribution is 2.23. The minimum absolute atomic E-state index is 0.0156. The zero-order valence-corrected chi connectivity index (χ0v) is 14.2. The van der Waals surface area contributed by atoms with Gasteiger partial charge in [0.2, 0.25) is 11.1 Å². The molecule has 1 atom stereocenters. The van der Waals surface area contributed by atoms with Crippen LogP contribution in [0.2, 0.25) is 0 Å². The van der Waals surface area contributed by atoms with Crippen LogP contribution in [0.3, 0.4) is 0 Å². The summed E-state index contributed by atoms with van der Waals surface area (Å²) >= 11 is 2.92. The van der Waals surface area contributed by atoms with Crippen molar-refractivity contribution in [2.75, 3.05) is 5.75 Å². The fraction of sp³-hybridized carbons (Fsp3) is 0.188. The third-order valence-electron chi connectivity index (χ3n) is 3.23. The SMILES string of the molecule is C[C@H](NC(=O)CSc1n[nH]c(-c2cccs2)n1)c1ccccc1. The first-order chi connectivity index (χ1) is 11.2. The lowest BCUT2D eigenvalue weighted by atomic mass is 10.1. The minimum Gasteiger partial charge on any atom is -0.349 e. The number of thioether (sulfide) groups is 1. The number of thiophene rings is 1. The zero-order chi connectivity index (χ0) is 16.1. The van der Waals surface area contributed by atoms with Gasteiger partial charge in [-0.05, 0) is 23.9 Å². The predicted octanol–water partition coefficient (Wildman–Crippen LogP) is 3.50. The molecule has 0 saturated carbocycles. The van der Waals surface area contributed by atoms with Gasteiger partial charge in [0.25, 0.3) is 0 Å². The summed E-state index contributed by atoms with van der Waals surface area (Å²) in [7, 11) is 0. The topological polar surface area (TPSA) is 70.7 Å². The molecular weight excluding hydrogens is 328 g/mol. The molecule has 7 heteroatoms. The largest absolute Gasteiger partial charge is 0.349 e. The molecule has 3 aromatic rings.